The van der Waals surface area contributed by atoms with Crippen LogP contribution in [-0.4, -0.2) is 81.3 Å². The van der Waals surface area contributed by atoms with Gasteiger partial charge in [0, 0.05) is 56.9 Å². The van der Waals surface area contributed by atoms with Gasteiger partial charge in [-0.1, -0.05) is 31.2 Å². The summed E-state index contributed by atoms with van der Waals surface area (Å²) in [7, 11) is 4.21. The third-order valence-corrected chi connectivity index (χ3v) is 8.15. The Morgan fingerprint density at radius 3 is 2.79 bits per heavy atom. The predicted molar refractivity (Wildman–Crippen MR) is 137 cm³/mol. The molecule has 4 atom stereocenters. The van der Waals surface area contributed by atoms with Gasteiger partial charge >= 0.3 is 0 Å². The summed E-state index contributed by atoms with van der Waals surface area (Å²) in [6.45, 7) is 12.5. The van der Waals surface area contributed by atoms with Crippen molar-refractivity contribution in [1.29, 1.82) is 0 Å². The van der Waals surface area contributed by atoms with E-state index in [2.05, 4.69) is 78.1 Å². The molecule has 0 radical (unpaired) electrons. The van der Waals surface area contributed by atoms with E-state index in [0.717, 1.165) is 65.1 Å². The Labute approximate surface area is 206 Å². The van der Waals surface area contributed by atoms with E-state index in [1.54, 1.807) is 0 Å². The van der Waals surface area contributed by atoms with Gasteiger partial charge in [0.1, 0.15) is 0 Å². The summed E-state index contributed by atoms with van der Waals surface area (Å²) in [4.78, 5) is 2.38. The van der Waals surface area contributed by atoms with Crippen LogP contribution in [0, 0.1) is 5.41 Å². The van der Waals surface area contributed by atoms with Crippen molar-refractivity contribution in [3.05, 3.63) is 35.4 Å². The van der Waals surface area contributed by atoms with Crippen molar-refractivity contribution in [2.45, 2.75) is 83.5 Å². The van der Waals surface area contributed by atoms with E-state index < -0.39 is 0 Å². The van der Waals surface area contributed by atoms with Gasteiger partial charge in [-0.15, -0.1) is 0 Å². The number of piperidine rings is 1. The van der Waals surface area contributed by atoms with E-state index in [-0.39, 0.29) is 23.7 Å². The lowest BCUT2D eigenvalue weighted by molar-refractivity contribution is -0.148. The van der Waals surface area contributed by atoms with E-state index in [0.29, 0.717) is 12.1 Å². The molecule has 0 spiro atoms. The Balaban J connectivity index is 1.57. The zero-order valence-corrected chi connectivity index (χ0v) is 22.0. The minimum absolute atomic E-state index is 0.0735. The van der Waals surface area contributed by atoms with Crippen LogP contribution >= 0.6 is 0 Å². The second-order valence-electron chi connectivity index (χ2n) is 10.8. The Kier molecular flexibility index (Phi) is 9.02. The molecule has 1 aromatic rings. The van der Waals surface area contributed by atoms with Crippen LogP contribution in [0.4, 0.5) is 0 Å². The first-order valence-electron chi connectivity index (χ1n) is 13.4. The van der Waals surface area contributed by atoms with Gasteiger partial charge in [-0.25, -0.2) is 5.01 Å². The molecule has 0 aromatic heterocycles. The van der Waals surface area contributed by atoms with Crippen LogP contribution < -0.4 is 16.1 Å². The first kappa shape index (κ1) is 26.0. The lowest BCUT2D eigenvalue weighted by Crippen LogP contribution is -2.63. The number of rotatable bonds is 10. The minimum Gasteiger partial charge on any atom is -0.381 e. The normalized spacial score (nSPS) is 30.9. The maximum Gasteiger partial charge on any atom is 0.0835 e. The summed E-state index contributed by atoms with van der Waals surface area (Å²) in [6.07, 6.45) is 4.90. The van der Waals surface area contributed by atoms with E-state index in [1.807, 2.05) is 7.05 Å². The number of hydrazine groups is 1. The average Bonchev–Trinajstić information content (AvgIpc) is 3.24. The summed E-state index contributed by atoms with van der Waals surface area (Å²) in [5.41, 5.74) is 6.56. The zero-order valence-electron chi connectivity index (χ0n) is 22.0. The highest BCUT2D eigenvalue weighted by Crippen LogP contribution is 2.47. The van der Waals surface area contributed by atoms with Crippen molar-refractivity contribution in [3.8, 4) is 0 Å². The molecule has 0 saturated carbocycles. The highest BCUT2D eigenvalue weighted by molar-refractivity contribution is 5.28. The van der Waals surface area contributed by atoms with Gasteiger partial charge in [-0.2, -0.15) is 0 Å². The summed E-state index contributed by atoms with van der Waals surface area (Å²) in [5.74, 6) is 0. The standard InChI is InChI=1S/C27H47N5O2/c1-6-27-19-29-32(20(2)3)26(27)30-24(17-25(27)34-23-10-14-33-15-11-23)22-9-7-8-21(16-22)18-31(5)13-12-28-4/h7-9,16,20,23-26,28-30H,6,10-15,17-19H2,1-5H3. The number of hydrogen-bond acceptors (Lipinski definition) is 7. The Morgan fingerprint density at radius 2 is 2.09 bits per heavy atom. The Bertz CT molecular complexity index is 771. The number of fused-ring (bicyclic) bond motifs is 1. The van der Waals surface area contributed by atoms with Crippen LogP contribution in [0.15, 0.2) is 24.3 Å². The monoisotopic (exact) mass is 473 g/mol. The van der Waals surface area contributed by atoms with E-state index >= 15 is 0 Å². The van der Waals surface area contributed by atoms with Crippen molar-refractivity contribution in [1.82, 2.24) is 26.0 Å². The zero-order chi connectivity index (χ0) is 24.1. The third-order valence-electron chi connectivity index (χ3n) is 8.15. The molecule has 3 N–H and O–H groups in total. The van der Waals surface area contributed by atoms with Crippen molar-refractivity contribution >= 4 is 0 Å². The molecule has 3 fully saturated rings. The first-order chi connectivity index (χ1) is 16.5. The average molecular weight is 474 g/mol. The molecule has 3 aliphatic heterocycles. The number of hydrogen-bond donors (Lipinski definition) is 3. The first-order valence-corrected chi connectivity index (χ1v) is 13.4. The molecule has 7 nitrogen and oxygen atoms in total. The molecule has 3 heterocycles. The summed E-state index contributed by atoms with van der Waals surface area (Å²) in [5, 5.41) is 9.75. The number of likely N-dealkylation sites (N-methyl/N-ethyl adjacent to an activating group) is 2. The number of nitrogens with zero attached hydrogens (tertiary/aromatic N) is 2. The van der Waals surface area contributed by atoms with Crippen LogP contribution in [-0.2, 0) is 16.0 Å². The van der Waals surface area contributed by atoms with Gasteiger partial charge in [0.25, 0.3) is 0 Å². The molecule has 7 heteroatoms. The summed E-state index contributed by atoms with van der Waals surface area (Å²) in [6, 6.07) is 9.87. The highest BCUT2D eigenvalue weighted by Gasteiger charge is 2.56. The Hall–Kier alpha value is -1.06. The fourth-order valence-electron chi connectivity index (χ4n) is 6.04. The van der Waals surface area contributed by atoms with Gasteiger partial charge in [0.05, 0.1) is 18.4 Å². The van der Waals surface area contributed by atoms with E-state index in [9.17, 15) is 0 Å². The molecule has 0 amide bonds. The van der Waals surface area contributed by atoms with Crippen LogP contribution in [0.25, 0.3) is 0 Å². The van der Waals surface area contributed by atoms with Crippen LogP contribution in [0.3, 0.4) is 0 Å². The maximum absolute atomic E-state index is 6.96. The molecule has 3 saturated heterocycles. The summed E-state index contributed by atoms with van der Waals surface area (Å²) >= 11 is 0. The molecular formula is C27H47N5O2. The molecule has 34 heavy (non-hydrogen) atoms. The van der Waals surface area contributed by atoms with Gasteiger partial charge in [-0.3, -0.25) is 10.7 Å². The third kappa shape index (κ3) is 5.67. The molecule has 192 valence electrons. The van der Waals surface area contributed by atoms with Gasteiger partial charge in [0.15, 0.2) is 0 Å². The van der Waals surface area contributed by atoms with Crippen LogP contribution in [0.5, 0.6) is 0 Å². The molecule has 4 rings (SSSR count). The second kappa shape index (κ2) is 11.8. The van der Waals surface area contributed by atoms with E-state index in [4.69, 9.17) is 9.47 Å². The minimum atomic E-state index is 0.0735. The smallest absolute Gasteiger partial charge is 0.0835 e. The van der Waals surface area contributed by atoms with Crippen molar-refractivity contribution in [2.24, 2.45) is 5.41 Å². The topological polar surface area (TPSA) is 61.0 Å². The largest absolute Gasteiger partial charge is 0.381 e. The van der Waals surface area contributed by atoms with Gasteiger partial charge in [0.2, 0.25) is 0 Å². The van der Waals surface area contributed by atoms with Crippen LogP contribution in [0.1, 0.15) is 63.6 Å². The van der Waals surface area contributed by atoms with Crippen molar-refractivity contribution in [2.75, 3.05) is 46.9 Å². The molecule has 4 unspecified atom stereocenters. The highest BCUT2D eigenvalue weighted by atomic mass is 16.5. The van der Waals surface area contributed by atoms with E-state index in [1.165, 1.54) is 11.1 Å². The van der Waals surface area contributed by atoms with Gasteiger partial charge in [-0.05, 0) is 64.8 Å². The molecule has 3 aliphatic rings. The Morgan fingerprint density at radius 1 is 1.29 bits per heavy atom. The molecule has 0 bridgehead atoms. The molecule has 0 aliphatic carbocycles. The predicted octanol–water partition coefficient (Wildman–Crippen LogP) is 2.89. The molecular weight excluding hydrogens is 426 g/mol. The lowest BCUT2D eigenvalue weighted by atomic mass is 9.71. The summed E-state index contributed by atoms with van der Waals surface area (Å²) < 4.78 is 12.6. The number of nitrogens with one attached hydrogen (secondary N) is 3. The quantitative estimate of drug-likeness (QED) is 0.483. The fraction of sp³-hybridized carbons (Fsp3) is 0.778. The second-order valence-corrected chi connectivity index (χ2v) is 10.8. The van der Waals surface area contributed by atoms with Gasteiger partial charge < -0.3 is 19.7 Å². The van der Waals surface area contributed by atoms with Crippen LogP contribution in [0.2, 0.25) is 0 Å². The lowest BCUT2D eigenvalue weighted by Gasteiger charge is -2.51. The van der Waals surface area contributed by atoms with Crippen molar-refractivity contribution < 1.29 is 9.47 Å². The number of ether oxygens (including phenoxy) is 2. The molecule has 1 aromatic carbocycles. The SMILES string of the molecule is CCC12CNN(C(C)C)C1NC(c1cccc(CN(C)CCNC)c1)CC2OC1CCOCC1. The maximum atomic E-state index is 6.96. The van der Waals surface area contributed by atoms with Crippen molar-refractivity contribution in [3.63, 3.8) is 0 Å². The number of benzene rings is 1. The fourth-order valence-corrected chi connectivity index (χ4v) is 6.04.